The molecule has 1 aromatic rings. The molecule has 0 atom stereocenters. The van der Waals surface area contributed by atoms with Gasteiger partial charge >= 0.3 is 0 Å². The van der Waals surface area contributed by atoms with E-state index in [2.05, 4.69) is 10.4 Å². The number of hydrazine groups is 1. The quantitative estimate of drug-likeness (QED) is 0.654. The summed E-state index contributed by atoms with van der Waals surface area (Å²) in [4.78, 5) is 4.02. The summed E-state index contributed by atoms with van der Waals surface area (Å²) in [7, 11) is -3.52. The van der Waals surface area contributed by atoms with E-state index in [0.717, 1.165) is 25.7 Å². The zero-order valence-corrected chi connectivity index (χ0v) is 12.0. The van der Waals surface area contributed by atoms with E-state index < -0.39 is 10.0 Å². The number of sulfonamides is 1. The molecule has 1 fully saturated rings. The van der Waals surface area contributed by atoms with Crippen molar-refractivity contribution in [1.82, 2.24) is 9.29 Å². The highest BCUT2D eigenvalue weighted by Crippen LogP contribution is 2.25. The Morgan fingerprint density at radius 1 is 1.26 bits per heavy atom. The molecule has 1 aliphatic rings. The fourth-order valence-corrected chi connectivity index (χ4v) is 3.87. The van der Waals surface area contributed by atoms with Gasteiger partial charge in [-0.25, -0.2) is 19.2 Å². The van der Waals surface area contributed by atoms with Crippen LogP contribution in [-0.4, -0.2) is 30.8 Å². The number of nitrogens with one attached hydrogen (secondary N) is 1. The highest BCUT2D eigenvalue weighted by atomic mass is 35.5. The normalized spacial score (nSPS) is 18.0. The molecule has 1 saturated heterocycles. The molecule has 1 aliphatic heterocycles. The summed E-state index contributed by atoms with van der Waals surface area (Å²) < 4.78 is 26.4. The van der Waals surface area contributed by atoms with E-state index in [1.807, 2.05) is 0 Å². The molecule has 0 unspecified atom stereocenters. The molecule has 3 N–H and O–H groups in total. The van der Waals surface area contributed by atoms with Gasteiger partial charge in [-0.05, 0) is 18.9 Å². The van der Waals surface area contributed by atoms with Crippen LogP contribution in [0.25, 0.3) is 0 Å². The van der Waals surface area contributed by atoms with Gasteiger partial charge in [-0.2, -0.15) is 4.31 Å². The van der Waals surface area contributed by atoms with Crippen LogP contribution in [0.3, 0.4) is 0 Å². The van der Waals surface area contributed by atoms with Crippen molar-refractivity contribution in [1.29, 1.82) is 0 Å². The van der Waals surface area contributed by atoms with Crippen LogP contribution in [0.1, 0.15) is 25.7 Å². The van der Waals surface area contributed by atoms with Gasteiger partial charge < -0.3 is 5.43 Å². The van der Waals surface area contributed by atoms with Gasteiger partial charge in [-0.1, -0.05) is 24.4 Å². The Balaban J connectivity index is 2.30. The first-order valence-electron chi connectivity index (χ1n) is 6.18. The summed E-state index contributed by atoms with van der Waals surface area (Å²) in [6.07, 6.45) is 5.20. The van der Waals surface area contributed by atoms with Crippen LogP contribution < -0.4 is 11.3 Å². The summed E-state index contributed by atoms with van der Waals surface area (Å²) in [5.41, 5.74) is 2.31. The lowest BCUT2D eigenvalue weighted by Crippen LogP contribution is -2.32. The molecule has 19 heavy (non-hydrogen) atoms. The molecule has 8 heteroatoms. The van der Waals surface area contributed by atoms with Crippen molar-refractivity contribution in [2.45, 2.75) is 30.6 Å². The third-order valence-corrected chi connectivity index (χ3v) is 5.31. The van der Waals surface area contributed by atoms with Crippen LogP contribution in [0.5, 0.6) is 0 Å². The Bertz CT molecular complexity index is 542. The molecular weight excluding hydrogens is 288 g/mol. The molecule has 2 heterocycles. The molecule has 0 spiro atoms. The molecule has 0 aliphatic carbocycles. The Hall–Kier alpha value is -0.890. The van der Waals surface area contributed by atoms with Gasteiger partial charge in [-0.15, -0.1) is 0 Å². The minimum absolute atomic E-state index is 0.110. The monoisotopic (exact) mass is 304 g/mol. The van der Waals surface area contributed by atoms with E-state index in [-0.39, 0.29) is 15.7 Å². The van der Waals surface area contributed by atoms with E-state index in [0.29, 0.717) is 13.1 Å². The van der Waals surface area contributed by atoms with Crippen LogP contribution >= 0.6 is 11.6 Å². The summed E-state index contributed by atoms with van der Waals surface area (Å²) in [6.45, 7) is 1.10. The number of rotatable bonds is 3. The molecule has 6 nitrogen and oxygen atoms in total. The zero-order chi connectivity index (χ0) is 13.9. The highest BCUT2D eigenvalue weighted by Gasteiger charge is 2.26. The van der Waals surface area contributed by atoms with Gasteiger partial charge in [0.25, 0.3) is 0 Å². The number of aromatic nitrogens is 1. The average Bonchev–Trinajstić information content (AvgIpc) is 2.67. The van der Waals surface area contributed by atoms with E-state index >= 15 is 0 Å². The standard InChI is InChI=1S/C11H17ClN4O2S/c12-10-7-9(8-14-11(10)15-13)19(17,18)16-5-3-1-2-4-6-16/h7-8H,1-6,13H2,(H,14,15). The lowest BCUT2D eigenvalue weighted by molar-refractivity contribution is 0.423. The molecule has 106 valence electrons. The van der Waals surface area contributed by atoms with Crippen molar-refractivity contribution < 1.29 is 8.42 Å². The molecule has 2 rings (SSSR count). The maximum atomic E-state index is 12.5. The van der Waals surface area contributed by atoms with Crippen LogP contribution in [0.2, 0.25) is 5.02 Å². The summed E-state index contributed by atoms with van der Waals surface area (Å²) in [5, 5.41) is 0.193. The number of hydrogen-bond donors (Lipinski definition) is 2. The Morgan fingerprint density at radius 3 is 2.42 bits per heavy atom. The van der Waals surface area contributed by atoms with Gasteiger partial charge in [0.2, 0.25) is 10.0 Å². The summed E-state index contributed by atoms with van der Waals surface area (Å²) >= 11 is 5.92. The fraction of sp³-hybridized carbons (Fsp3) is 0.545. The second-order valence-electron chi connectivity index (χ2n) is 4.46. The van der Waals surface area contributed by atoms with Gasteiger partial charge in [0.1, 0.15) is 4.90 Å². The third kappa shape index (κ3) is 3.17. The predicted octanol–water partition coefficient (Wildman–Crippen LogP) is 1.59. The largest absolute Gasteiger partial charge is 0.307 e. The summed E-state index contributed by atoms with van der Waals surface area (Å²) in [5.74, 6) is 5.48. The van der Waals surface area contributed by atoms with Gasteiger partial charge in [0.15, 0.2) is 5.82 Å². The number of anilines is 1. The number of nitrogens with two attached hydrogens (primary N) is 1. The molecule has 0 saturated carbocycles. The zero-order valence-electron chi connectivity index (χ0n) is 10.5. The first-order valence-corrected chi connectivity index (χ1v) is 8.00. The lowest BCUT2D eigenvalue weighted by Gasteiger charge is -2.20. The minimum Gasteiger partial charge on any atom is -0.307 e. The third-order valence-electron chi connectivity index (χ3n) is 3.16. The number of nitrogens with zero attached hydrogens (tertiary/aromatic N) is 2. The molecule has 0 bridgehead atoms. The first kappa shape index (κ1) is 14.5. The van der Waals surface area contributed by atoms with Crippen molar-refractivity contribution >= 4 is 27.4 Å². The van der Waals surface area contributed by atoms with Crippen molar-refractivity contribution in [2.75, 3.05) is 18.5 Å². The molecule has 0 aromatic carbocycles. The minimum atomic E-state index is -3.52. The van der Waals surface area contributed by atoms with E-state index in [9.17, 15) is 8.42 Å². The van der Waals surface area contributed by atoms with E-state index in [1.165, 1.54) is 16.6 Å². The topological polar surface area (TPSA) is 88.3 Å². The molecular formula is C11H17ClN4O2S. The first-order chi connectivity index (χ1) is 9.05. The average molecular weight is 305 g/mol. The van der Waals surface area contributed by atoms with Crippen molar-refractivity contribution in [3.63, 3.8) is 0 Å². The van der Waals surface area contributed by atoms with Crippen LogP contribution in [0.4, 0.5) is 5.82 Å². The van der Waals surface area contributed by atoms with Gasteiger partial charge in [-0.3, -0.25) is 0 Å². The summed E-state index contributed by atoms with van der Waals surface area (Å²) in [6, 6.07) is 1.38. The van der Waals surface area contributed by atoms with Crippen LogP contribution in [0.15, 0.2) is 17.2 Å². The van der Waals surface area contributed by atoms with E-state index in [1.54, 1.807) is 0 Å². The fourth-order valence-electron chi connectivity index (χ4n) is 2.10. The maximum absolute atomic E-state index is 12.5. The van der Waals surface area contributed by atoms with Crippen molar-refractivity contribution in [2.24, 2.45) is 5.84 Å². The van der Waals surface area contributed by atoms with Crippen molar-refractivity contribution in [3.8, 4) is 0 Å². The van der Waals surface area contributed by atoms with Gasteiger partial charge in [0.05, 0.1) is 5.02 Å². The highest BCUT2D eigenvalue weighted by molar-refractivity contribution is 7.89. The van der Waals surface area contributed by atoms with Gasteiger partial charge in [0, 0.05) is 19.3 Å². The van der Waals surface area contributed by atoms with E-state index in [4.69, 9.17) is 17.4 Å². The number of halogens is 1. The predicted molar refractivity (Wildman–Crippen MR) is 74.3 cm³/mol. The second kappa shape index (κ2) is 6.04. The Morgan fingerprint density at radius 2 is 1.89 bits per heavy atom. The van der Waals surface area contributed by atoms with Crippen LogP contribution in [-0.2, 0) is 10.0 Å². The second-order valence-corrected chi connectivity index (χ2v) is 6.81. The Labute approximate surface area is 118 Å². The van der Waals surface area contributed by atoms with Crippen LogP contribution in [0, 0.1) is 0 Å². The SMILES string of the molecule is NNc1ncc(S(=O)(=O)N2CCCCCC2)cc1Cl. The molecule has 0 radical (unpaired) electrons. The molecule has 1 aromatic heterocycles. The van der Waals surface area contributed by atoms with Crippen molar-refractivity contribution in [3.05, 3.63) is 17.3 Å². The maximum Gasteiger partial charge on any atom is 0.244 e. The lowest BCUT2D eigenvalue weighted by atomic mass is 10.2. The smallest absolute Gasteiger partial charge is 0.244 e. The Kier molecular flexibility index (Phi) is 4.62. The number of nitrogen functional groups attached to an aromatic ring is 1. The number of hydrogen-bond acceptors (Lipinski definition) is 5. The number of pyridine rings is 1. The molecule has 0 amide bonds.